The molecule has 1 fully saturated rings. The number of guanidine groups is 1. The molecule has 0 bridgehead atoms. The Morgan fingerprint density at radius 2 is 1.71 bits per heavy atom. The van der Waals surface area contributed by atoms with Crippen molar-refractivity contribution in [1.29, 1.82) is 0 Å². The van der Waals surface area contributed by atoms with Gasteiger partial charge in [-0.25, -0.2) is 4.99 Å². The van der Waals surface area contributed by atoms with Crippen LogP contribution in [0.1, 0.15) is 49.8 Å². The molecule has 0 unspecified atom stereocenters. The molecule has 0 aliphatic carbocycles. The second kappa shape index (κ2) is 12.1. The number of benzene rings is 2. The van der Waals surface area contributed by atoms with Crippen LogP contribution in [0.4, 0.5) is 5.69 Å². The van der Waals surface area contributed by atoms with Gasteiger partial charge in [0.2, 0.25) is 5.91 Å². The zero-order chi connectivity index (χ0) is 21.9. The summed E-state index contributed by atoms with van der Waals surface area (Å²) in [6.07, 6.45) is 4.02. The number of aliphatic imine (C=N–C) groups is 1. The maximum atomic E-state index is 11.3. The molecule has 0 saturated carbocycles. The lowest BCUT2D eigenvalue weighted by atomic mass is 10.1. The molecule has 3 rings (SSSR count). The highest BCUT2D eigenvalue weighted by Gasteiger charge is 2.10. The smallest absolute Gasteiger partial charge is 0.221 e. The number of amides is 1. The molecule has 0 atom stereocenters. The van der Waals surface area contributed by atoms with Crippen molar-refractivity contribution >= 4 is 17.6 Å². The molecule has 1 aliphatic rings. The average Bonchev–Trinajstić information content (AvgIpc) is 2.77. The van der Waals surface area contributed by atoms with E-state index >= 15 is 0 Å². The predicted molar refractivity (Wildman–Crippen MR) is 128 cm³/mol. The first-order valence-corrected chi connectivity index (χ1v) is 11.3. The molecule has 1 amide bonds. The van der Waals surface area contributed by atoms with Crippen LogP contribution in [0.25, 0.3) is 0 Å². The molecule has 1 saturated heterocycles. The van der Waals surface area contributed by atoms with E-state index in [0.717, 1.165) is 36.8 Å². The molecule has 0 spiro atoms. The van der Waals surface area contributed by atoms with Gasteiger partial charge in [0.05, 0.1) is 6.54 Å². The van der Waals surface area contributed by atoms with Crippen LogP contribution in [-0.4, -0.2) is 36.4 Å². The molecule has 2 aromatic carbocycles. The van der Waals surface area contributed by atoms with Gasteiger partial charge < -0.3 is 16.0 Å². The minimum absolute atomic E-state index is 0.0717. The minimum atomic E-state index is -0.0717. The summed E-state index contributed by atoms with van der Waals surface area (Å²) in [4.78, 5) is 18.5. The fourth-order valence-electron chi connectivity index (χ4n) is 3.79. The van der Waals surface area contributed by atoms with Gasteiger partial charge in [0.1, 0.15) is 0 Å². The van der Waals surface area contributed by atoms with Crippen LogP contribution in [-0.2, 0) is 24.4 Å². The quantitative estimate of drug-likeness (QED) is 0.447. The average molecular weight is 422 g/mol. The molecule has 2 aromatic rings. The highest BCUT2D eigenvalue weighted by molar-refractivity contribution is 5.88. The van der Waals surface area contributed by atoms with Gasteiger partial charge in [-0.1, -0.05) is 42.8 Å². The number of piperidine rings is 1. The van der Waals surface area contributed by atoms with Gasteiger partial charge in [-0.05, 0) is 61.7 Å². The first kappa shape index (κ1) is 22.8. The molecule has 3 N–H and O–H groups in total. The van der Waals surface area contributed by atoms with Crippen LogP contribution in [0.2, 0.25) is 0 Å². The Bertz CT molecular complexity index is 856. The van der Waals surface area contributed by atoms with Gasteiger partial charge in [-0.15, -0.1) is 0 Å². The Kier molecular flexibility index (Phi) is 8.91. The van der Waals surface area contributed by atoms with Crippen LogP contribution >= 0.6 is 0 Å². The van der Waals surface area contributed by atoms with Crippen molar-refractivity contribution in [2.24, 2.45) is 4.99 Å². The zero-order valence-electron chi connectivity index (χ0n) is 18.8. The van der Waals surface area contributed by atoms with E-state index < -0.39 is 0 Å². The fraction of sp³-hybridized carbons (Fsp3) is 0.440. The number of likely N-dealkylation sites (tertiary alicyclic amines) is 1. The van der Waals surface area contributed by atoms with E-state index in [4.69, 9.17) is 0 Å². The molecule has 0 aromatic heterocycles. The molecule has 1 aliphatic heterocycles. The molecule has 6 nitrogen and oxygen atoms in total. The van der Waals surface area contributed by atoms with Crippen molar-refractivity contribution < 1.29 is 4.79 Å². The van der Waals surface area contributed by atoms with Crippen LogP contribution in [0.5, 0.6) is 0 Å². The minimum Gasteiger partial charge on any atom is -0.357 e. The highest BCUT2D eigenvalue weighted by Crippen LogP contribution is 2.14. The Balaban J connectivity index is 1.53. The van der Waals surface area contributed by atoms with Crippen molar-refractivity contribution in [3.05, 3.63) is 65.2 Å². The monoisotopic (exact) mass is 421 g/mol. The Morgan fingerprint density at radius 3 is 2.42 bits per heavy atom. The second-order valence-electron chi connectivity index (χ2n) is 8.08. The van der Waals surface area contributed by atoms with E-state index in [2.05, 4.69) is 57.0 Å². The van der Waals surface area contributed by atoms with Crippen molar-refractivity contribution in [2.75, 3.05) is 25.0 Å². The van der Waals surface area contributed by atoms with E-state index in [-0.39, 0.29) is 5.91 Å². The Morgan fingerprint density at radius 1 is 0.968 bits per heavy atom. The van der Waals surface area contributed by atoms with E-state index in [1.807, 2.05) is 24.3 Å². The summed E-state index contributed by atoms with van der Waals surface area (Å²) < 4.78 is 0. The van der Waals surface area contributed by atoms with Crippen LogP contribution in [0.15, 0.2) is 53.5 Å². The third-order valence-corrected chi connectivity index (χ3v) is 5.35. The lowest BCUT2D eigenvalue weighted by Crippen LogP contribution is -2.36. The van der Waals surface area contributed by atoms with Gasteiger partial charge in [-0.2, -0.15) is 0 Å². The van der Waals surface area contributed by atoms with Crippen LogP contribution in [0, 0.1) is 0 Å². The van der Waals surface area contributed by atoms with Crippen molar-refractivity contribution in [3.63, 3.8) is 0 Å². The maximum absolute atomic E-state index is 11.3. The Hall–Kier alpha value is -2.86. The summed E-state index contributed by atoms with van der Waals surface area (Å²) in [7, 11) is 0. The number of hydrogen-bond donors (Lipinski definition) is 3. The van der Waals surface area contributed by atoms with Crippen LogP contribution < -0.4 is 16.0 Å². The number of nitrogens with one attached hydrogen (secondary N) is 3. The van der Waals surface area contributed by atoms with Gasteiger partial charge >= 0.3 is 0 Å². The lowest BCUT2D eigenvalue weighted by molar-refractivity contribution is -0.114. The number of carbonyl (C=O) groups excluding carboxylic acids is 1. The summed E-state index contributed by atoms with van der Waals surface area (Å²) in [5.74, 6) is 0.711. The zero-order valence-corrected chi connectivity index (χ0v) is 18.8. The van der Waals surface area contributed by atoms with E-state index in [1.54, 1.807) is 0 Å². The third-order valence-electron chi connectivity index (χ3n) is 5.35. The number of carbonyl (C=O) groups is 1. The molecule has 166 valence electrons. The summed E-state index contributed by atoms with van der Waals surface area (Å²) in [5.41, 5.74) is 4.46. The topological polar surface area (TPSA) is 68.8 Å². The first-order chi connectivity index (χ1) is 15.1. The highest BCUT2D eigenvalue weighted by atomic mass is 16.1. The van der Waals surface area contributed by atoms with Gasteiger partial charge in [0.25, 0.3) is 0 Å². The van der Waals surface area contributed by atoms with Gasteiger partial charge in [0.15, 0.2) is 5.96 Å². The molecule has 0 radical (unpaired) electrons. The normalized spacial score (nSPS) is 14.8. The van der Waals surface area contributed by atoms with E-state index in [1.165, 1.54) is 50.4 Å². The standard InChI is InChI=1S/C25H35N5O/c1-3-26-25(28-18-23-8-7-9-24(16-23)29-20(2)31)27-17-21-10-12-22(13-11-21)19-30-14-5-4-6-15-30/h7-13,16H,3-6,14-15,17-19H2,1-2H3,(H,29,31)(H2,26,27,28). The number of rotatable bonds is 8. The molecular formula is C25H35N5O. The number of anilines is 1. The van der Waals surface area contributed by atoms with E-state index in [9.17, 15) is 4.79 Å². The van der Waals surface area contributed by atoms with E-state index in [0.29, 0.717) is 6.54 Å². The summed E-state index contributed by atoms with van der Waals surface area (Å²) >= 11 is 0. The van der Waals surface area contributed by atoms with Crippen molar-refractivity contribution in [1.82, 2.24) is 15.5 Å². The molecule has 6 heteroatoms. The first-order valence-electron chi connectivity index (χ1n) is 11.3. The van der Waals surface area contributed by atoms with Crippen molar-refractivity contribution in [2.45, 2.75) is 52.7 Å². The largest absolute Gasteiger partial charge is 0.357 e. The number of nitrogens with zero attached hydrogens (tertiary/aromatic N) is 2. The summed E-state index contributed by atoms with van der Waals surface area (Å²) in [5, 5.41) is 9.52. The van der Waals surface area contributed by atoms with Crippen molar-refractivity contribution in [3.8, 4) is 0 Å². The fourth-order valence-corrected chi connectivity index (χ4v) is 3.79. The summed E-state index contributed by atoms with van der Waals surface area (Å²) in [6, 6.07) is 16.7. The molecular weight excluding hydrogens is 386 g/mol. The number of hydrogen-bond acceptors (Lipinski definition) is 3. The summed E-state index contributed by atoms with van der Waals surface area (Å²) in [6.45, 7) is 9.13. The molecule has 31 heavy (non-hydrogen) atoms. The Labute approximate surface area is 186 Å². The SMILES string of the molecule is CCNC(=NCc1cccc(NC(C)=O)c1)NCc1ccc(CN2CCCCC2)cc1. The lowest BCUT2D eigenvalue weighted by Gasteiger charge is -2.26. The molecule has 1 heterocycles. The maximum Gasteiger partial charge on any atom is 0.221 e. The van der Waals surface area contributed by atoms with Gasteiger partial charge in [-0.3, -0.25) is 9.69 Å². The second-order valence-corrected chi connectivity index (χ2v) is 8.08. The third kappa shape index (κ3) is 8.06. The van der Waals surface area contributed by atoms with Gasteiger partial charge in [0, 0.05) is 32.2 Å². The predicted octanol–water partition coefficient (Wildman–Crippen LogP) is 3.89. The van der Waals surface area contributed by atoms with Crippen LogP contribution in [0.3, 0.4) is 0 Å².